The van der Waals surface area contributed by atoms with Gasteiger partial charge >= 0.3 is 12.1 Å². The topological polar surface area (TPSA) is 59.5 Å². The second kappa shape index (κ2) is 4.90. The molecule has 0 atom stereocenters. The first kappa shape index (κ1) is 14.2. The molecule has 0 saturated heterocycles. The number of aromatic nitrogens is 3. The van der Waals surface area contributed by atoms with Crippen molar-refractivity contribution in [2.45, 2.75) is 12.7 Å². The summed E-state index contributed by atoms with van der Waals surface area (Å²) in [5.74, 6) is -1.11. The van der Waals surface area contributed by atoms with Crippen molar-refractivity contribution in [2.75, 3.05) is 0 Å². The number of fused-ring (bicyclic) bond motifs is 1. The molecule has 3 rings (SSSR count). The summed E-state index contributed by atoms with van der Waals surface area (Å²) in [6.45, 7) is 0.251. The number of carboxylic acid groups (broad SMARTS) is 1. The van der Waals surface area contributed by atoms with Crippen molar-refractivity contribution in [3.05, 3.63) is 59.5 Å². The Morgan fingerprint density at radius 2 is 1.86 bits per heavy atom. The molecule has 0 unspecified atom stereocenters. The van der Waals surface area contributed by atoms with E-state index in [0.717, 1.165) is 12.1 Å². The third-order valence-corrected chi connectivity index (χ3v) is 3.29. The molecule has 0 radical (unpaired) electrons. The van der Waals surface area contributed by atoms with Crippen LogP contribution in [0.15, 0.2) is 42.9 Å². The Morgan fingerprint density at radius 3 is 2.45 bits per heavy atom. The zero-order chi connectivity index (χ0) is 15.9. The highest BCUT2D eigenvalue weighted by Crippen LogP contribution is 2.29. The van der Waals surface area contributed by atoms with Crippen LogP contribution in [0.1, 0.15) is 21.5 Å². The number of hydrogen-bond acceptors (Lipinski definition) is 2. The van der Waals surface area contributed by atoms with Gasteiger partial charge in [0.1, 0.15) is 5.56 Å². The number of rotatable bonds is 3. The average molecular weight is 309 g/mol. The van der Waals surface area contributed by atoms with Crippen molar-refractivity contribution in [1.82, 2.24) is 14.2 Å². The number of benzene rings is 1. The van der Waals surface area contributed by atoms with Crippen LogP contribution in [0.3, 0.4) is 0 Å². The number of imidazole rings is 1. The first-order valence-corrected chi connectivity index (χ1v) is 6.28. The van der Waals surface area contributed by atoms with E-state index in [1.54, 1.807) is 17.0 Å². The Labute approximate surface area is 122 Å². The van der Waals surface area contributed by atoms with Gasteiger partial charge in [0.05, 0.1) is 11.8 Å². The molecule has 0 fully saturated rings. The minimum Gasteiger partial charge on any atom is -0.477 e. The lowest BCUT2D eigenvalue weighted by Gasteiger charge is -2.08. The van der Waals surface area contributed by atoms with Gasteiger partial charge in [0, 0.05) is 18.9 Å². The molecule has 5 nitrogen and oxygen atoms in total. The molecule has 0 amide bonds. The highest BCUT2D eigenvalue weighted by atomic mass is 19.4. The molecule has 0 saturated carbocycles. The van der Waals surface area contributed by atoms with Crippen molar-refractivity contribution < 1.29 is 23.1 Å². The molecule has 2 aromatic heterocycles. The molecule has 1 N–H and O–H groups in total. The lowest BCUT2D eigenvalue weighted by molar-refractivity contribution is -0.137. The van der Waals surface area contributed by atoms with Crippen LogP contribution in [-0.4, -0.2) is 25.3 Å². The largest absolute Gasteiger partial charge is 0.477 e. The lowest BCUT2D eigenvalue weighted by Crippen LogP contribution is -2.06. The molecule has 1 aromatic carbocycles. The number of nitrogens with zero attached hydrogens (tertiary/aromatic N) is 3. The summed E-state index contributed by atoms with van der Waals surface area (Å²) in [4.78, 5) is 11.1. The standard InChI is InChI=1S/C14H10F3N3O2/c15-14(16,17)10-3-1-9(2-4-10)8-19-5-6-20-12(19)11(7-18-20)13(21)22/h1-7H,8H2,(H,21,22). The van der Waals surface area contributed by atoms with Crippen LogP contribution in [0.4, 0.5) is 13.2 Å². The Bertz CT molecular complexity index is 831. The molecular formula is C14H10F3N3O2. The van der Waals surface area contributed by atoms with Gasteiger partial charge in [-0.25, -0.2) is 9.31 Å². The maximum atomic E-state index is 12.5. The van der Waals surface area contributed by atoms with Crippen molar-refractivity contribution in [2.24, 2.45) is 0 Å². The zero-order valence-electron chi connectivity index (χ0n) is 11.1. The fourth-order valence-electron chi connectivity index (χ4n) is 2.24. The summed E-state index contributed by atoms with van der Waals surface area (Å²) in [7, 11) is 0. The maximum Gasteiger partial charge on any atom is 0.416 e. The van der Waals surface area contributed by atoms with Crippen molar-refractivity contribution in [3.8, 4) is 0 Å². The predicted octanol–water partition coefficient (Wildman–Crippen LogP) is 2.90. The molecule has 8 heteroatoms. The van der Waals surface area contributed by atoms with E-state index in [0.29, 0.717) is 11.2 Å². The van der Waals surface area contributed by atoms with Gasteiger partial charge in [-0.1, -0.05) is 12.1 Å². The quantitative estimate of drug-likeness (QED) is 0.809. The summed E-state index contributed by atoms with van der Waals surface area (Å²) in [6.07, 6.45) is 0.0837. The van der Waals surface area contributed by atoms with Crippen molar-refractivity contribution in [3.63, 3.8) is 0 Å². The van der Waals surface area contributed by atoms with E-state index in [1.165, 1.54) is 22.8 Å². The van der Waals surface area contributed by atoms with Crippen LogP contribution >= 0.6 is 0 Å². The summed E-state index contributed by atoms with van der Waals surface area (Å²) in [5.41, 5.74) is 0.331. The molecule has 3 aromatic rings. The normalized spacial score (nSPS) is 12.0. The maximum absolute atomic E-state index is 12.5. The van der Waals surface area contributed by atoms with Crippen LogP contribution in [0, 0.1) is 0 Å². The van der Waals surface area contributed by atoms with E-state index in [-0.39, 0.29) is 12.1 Å². The molecule has 114 valence electrons. The number of halogens is 3. The molecule has 0 spiro atoms. The van der Waals surface area contributed by atoms with E-state index >= 15 is 0 Å². The van der Waals surface area contributed by atoms with Crippen LogP contribution in [0.5, 0.6) is 0 Å². The Morgan fingerprint density at radius 1 is 1.18 bits per heavy atom. The Balaban J connectivity index is 1.93. The van der Waals surface area contributed by atoms with Gasteiger partial charge in [-0.05, 0) is 17.7 Å². The smallest absolute Gasteiger partial charge is 0.416 e. The monoisotopic (exact) mass is 309 g/mol. The van der Waals surface area contributed by atoms with Crippen LogP contribution in [0.2, 0.25) is 0 Å². The number of hydrogen-bond donors (Lipinski definition) is 1. The summed E-state index contributed by atoms with van der Waals surface area (Å²) >= 11 is 0. The van der Waals surface area contributed by atoms with E-state index in [9.17, 15) is 18.0 Å². The average Bonchev–Trinajstić information content (AvgIpc) is 3.01. The summed E-state index contributed by atoms with van der Waals surface area (Å²) in [5, 5.41) is 13.0. The molecule has 0 aliphatic rings. The zero-order valence-corrected chi connectivity index (χ0v) is 11.1. The first-order chi connectivity index (χ1) is 10.4. The van der Waals surface area contributed by atoms with Gasteiger partial charge in [-0.2, -0.15) is 18.3 Å². The van der Waals surface area contributed by atoms with Gasteiger partial charge in [0.2, 0.25) is 0 Å². The summed E-state index contributed by atoms with van der Waals surface area (Å²) < 4.78 is 40.6. The second-order valence-electron chi connectivity index (χ2n) is 4.75. The highest BCUT2D eigenvalue weighted by molar-refractivity contribution is 5.94. The molecule has 0 aliphatic carbocycles. The molecule has 2 heterocycles. The lowest BCUT2D eigenvalue weighted by atomic mass is 10.1. The van der Waals surface area contributed by atoms with Gasteiger partial charge in [0.25, 0.3) is 0 Å². The fraction of sp³-hybridized carbons (Fsp3) is 0.143. The molecule has 0 bridgehead atoms. The number of alkyl halides is 3. The van der Waals surface area contributed by atoms with Gasteiger partial charge in [0.15, 0.2) is 5.65 Å². The number of aromatic carboxylic acids is 1. The van der Waals surface area contributed by atoms with Gasteiger partial charge in [-0.3, -0.25) is 0 Å². The van der Waals surface area contributed by atoms with Crippen LogP contribution < -0.4 is 0 Å². The predicted molar refractivity (Wildman–Crippen MR) is 70.7 cm³/mol. The Kier molecular flexibility index (Phi) is 3.16. The first-order valence-electron chi connectivity index (χ1n) is 6.28. The number of carboxylic acids is 1. The summed E-state index contributed by atoms with van der Waals surface area (Å²) in [6, 6.07) is 4.75. The third-order valence-electron chi connectivity index (χ3n) is 3.29. The van der Waals surface area contributed by atoms with Crippen LogP contribution in [-0.2, 0) is 12.7 Å². The van der Waals surface area contributed by atoms with Gasteiger partial charge in [-0.15, -0.1) is 0 Å². The number of carbonyl (C=O) groups is 1. The minimum absolute atomic E-state index is 0.0388. The SMILES string of the molecule is O=C(O)c1cnn2ccn(Cc3ccc(C(F)(F)F)cc3)c12. The Hall–Kier alpha value is -2.77. The van der Waals surface area contributed by atoms with Crippen LogP contribution in [0.25, 0.3) is 5.65 Å². The van der Waals surface area contributed by atoms with Crippen molar-refractivity contribution >= 4 is 11.6 Å². The van der Waals surface area contributed by atoms with E-state index in [1.807, 2.05) is 0 Å². The van der Waals surface area contributed by atoms with E-state index in [2.05, 4.69) is 5.10 Å². The molecular weight excluding hydrogens is 299 g/mol. The highest BCUT2D eigenvalue weighted by Gasteiger charge is 2.29. The van der Waals surface area contributed by atoms with Crippen molar-refractivity contribution in [1.29, 1.82) is 0 Å². The van der Waals surface area contributed by atoms with E-state index in [4.69, 9.17) is 5.11 Å². The molecule has 0 aliphatic heterocycles. The fourth-order valence-corrected chi connectivity index (χ4v) is 2.24. The minimum atomic E-state index is -4.37. The third kappa shape index (κ3) is 2.43. The van der Waals surface area contributed by atoms with Gasteiger partial charge < -0.3 is 9.67 Å². The van der Waals surface area contributed by atoms with E-state index < -0.39 is 17.7 Å². The molecule has 22 heavy (non-hydrogen) atoms. The second-order valence-corrected chi connectivity index (χ2v) is 4.75.